The van der Waals surface area contributed by atoms with Crippen LogP contribution in [0.15, 0.2) is 58.7 Å². The molecule has 2 saturated heterocycles. The van der Waals surface area contributed by atoms with Gasteiger partial charge in [-0.3, -0.25) is 9.59 Å². The Labute approximate surface area is 181 Å². The molecular formula is C23H29NO7. The van der Waals surface area contributed by atoms with Gasteiger partial charge in [0.1, 0.15) is 0 Å². The van der Waals surface area contributed by atoms with E-state index in [9.17, 15) is 19.5 Å². The fraction of sp³-hybridized carbons (Fsp3) is 0.435. The smallest absolute Gasteiger partial charge is 0.337 e. The van der Waals surface area contributed by atoms with E-state index in [2.05, 4.69) is 5.32 Å². The van der Waals surface area contributed by atoms with Crippen molar-refractivity contribution < 1.29 is 34.1 Å². The SMILES string of the molecule is CC=C(C=C(C)C=C(C)/C=C/C=C(\C)C(=O)[C@]12O[C@H]1[C@](O)(CCO)NC2=O)C(=O)OC. The van der Waals surface area contributed by atoms with Crippen LogP contribution in [-0.4, -0.2) is 59.0 Å². The van der Waals surface area contributed by atoms with Crippen LogP contribution in [0.3, 0.4) is 0 Å². The van der Waals surface area contributed by atoms with Gasteiger partial charge in [-0.25, -0.2) is 4.79 Å². The van der Waals surface area contributed by atoms with Gasteiger partial charge in [0.05, 0.1) is 12.7 Å². The maximum absolute atomic E-state index is 12.8. The number of ketones is 1. The number of hydrogen-bond donors (Lipinski definition) is 3. The number of morpholine rings is 1. The monoisotopic (exact) mass is 431 g/mol. The molecule has 0 aliphatic carbocycles. The topological polar surface area (TPSA) is 125 Å². The molecule has 0 spiro atoms. The summed E-state index contributed by atoms with van der Waals surface area (Å²) >= 11 is 0. The maximum Gasteiger partial charge on any atom is 0.337 e. The van der Waals surface area contributed by atoms with E-state index in [0.717, 1.165) is 11.1 Å². The number of aliphatic hydroxyl groups excluding tert-OH is 1. The number of amides is 1. The molecule has 0 radical (unpaired) electrons. The highest BCUT2D eigenvalue weighted by Crippen LogP contribution is 2.50. The molecule has 1 amide bonds. The first kappa shape index (κ1) is 24.5. The zero-order chi connectivity index (χ0) is 23.4. The Morgan fingerprint density at radius 1 is 1.23 bits per heavy atom. The average molecular weight is 431 g/mol. The van der Waals surface area contributed by atoms with E-state index in [1.807, 2.05) is 19.9 Å². The minimum absolute atomic E-state index is 0.122. The summed E-state index contributed by atoms with van der Waals surface area (Å²) in [6.07, 6.45) is 9.13. The summed E-state index contributed by atoms with van der Waals surface area (Å²) in [5, 5.41) is 21.8. The number of Topliss-reactive ketones (excluding diaryl/α,β-unsaturated/α-hetero) is 1. The highest BCUT2D eigenvalue weighted by molar-refractivity contribution is 6.21. The normalized spacial score (nSPS) is 29.1. The zero-order valence-electron chi connectivity index (χ0n) is 18.4. The van der Waals surface area contributed by atoms with E-state index in [1.165, 1.54) is 7.11 Å². The van der Waals surface area contributed by atoms with Crippen LogP contribution >= 0.6 is 0 Å². The number of ether oxygens (including phenoxy) is 2. The second-order valence-electron chi connectivity index (χ2n) is 7.64. The average Bonchev–Trinajstić information content (AvgIpc) is 3.44. The Morgan fingerprint density at radius 3 is 2.45 bits per heavy atom. The van der Waals surface area contributed by atoms with Crippen LogP contribution in [0.4, 0.5) is 0 Å². The van der Waals surface area contributed by atoms with E-state index < -0.39 is 35.1 Å². The predicted octanol–water partition coefficient (Wildman–Crippen LogP) is 1.41. The molecule has 0 bridgehead atoms. The van der Waals surface area contributed by atoms with Gasteiger partial charge in [-0.1, -0.05) is 41.5 Å². The van der Waals surface area contributed by atoms with Crippen LogP contribution in [0.5, 0.6) is 0 Å². The van der Waals surface area contributed by atoms with E-state index >= 15 is 0 Å². The summed E-state index contributed by atoms with van der Waals surface area (Å²) in [6.45, 7) is 6.68. The summed E-state index contributed by atoms with van der Waals surface area (Å²) in [7, 11) is 1.33. The Bertz CT molecular complexity index is 924. The highest BCUT2D eigenvalue weighted by atomic mass is 16.6. The third kappa shape index (κ3) is 4.92. The minimum atomic E-state index is -1.74. The lowest BCUT2D eigenvalue weighted by Crippen LogP contribution is -2.48. The molecule has 8 nitrogen and oxygen atoms in total. The maximum atomic E-state index is 12.8. The molecule has 0 saturated carbocycles. The van der Waals surface area contributed by atoms with Crippen LogP contribution in [0.1, 0.15) is 34.1 Å². The molecule has 2 aliphatic rings. The molecule has 0 aromatic carbocycles. The third-order valence-electron chi connectivity index (χ3n) is 5.18. The van der Waals surface area contributed by atoms with Gasteiger partial charge in [0.2, 0.25) is 11.4 Å². The van der Waals surface area contributed by atoms with Crippen molar-refractivity contribution in [2.75, 3.05) is 13.7 Å². The van der Waals surface area contributed by atoms with Crippen molar-refractivity contribution in [3.8, 4) is 0 Å². The second-order valence-corrected chi connectivity index (χ2v) is 7.64. The largest absolute Gasteiger partial charge is 0.465 e. The Balaban J connectivity index is 2.08. The third-order valence-corrected chi connectivity index (χ3v) is 5.18. The van der Waals surface area contributed by atoms with Gasteiger partial charge in [0, 0.05) is 13.0 Å². The number of rotatable bonds is 9. The Hall–Kier alpha value is -2.81. The van der Waals surface area contributed by atoms with Crippen LogP contribution in [-0.2, 0) is 23.9 Å². The number of aliphatic hydroxyl groups is 2. The van der Waals surface area contributed by atoms with Crippen molar-refractivity contribution in [3.05, 3.63) is 58.7 Å². The second kappa shape index (κ2) is 9.55. The lowest BCUT2D eigenvalue weighted by molar-refractivity contribution is -0.138. The number of esters is 1. The van der Waals surface area contributed by atoms with Gasteiger partial charge in [-0.05, 0) is 39.3 Å². The highest BCUT2D eigenvalue weighted by Gasteiger charge is 2.80. The minimum Gasteiger partial charge on any atom is -0.465 e. The first-order valence-corrected chi connectivity index (χ1v) is 9.90. The lowest BCUT2D eigenvalue weighted by Gasteiger charge is -2.22. The molecular weight excluding hydrogens is 402 g/mol. The molecule has 168 valence electrons. The molecule has 2 heterocycles. The summed E-state index contributed by atoms with van der Waals surface area (Å²) in [6, 6.07) is 0. The van der Waals surface area contributed by atoms with Gasteiger partial charge in [-0.15, -0.1) is 0 Å². The quantitative estimate of drug-likeness (QED) is 0.166. The molecule has 2 aliphatic heterocycles. The fourth-order valence-electron chi connectivity index (χ4n) is 3.54. The van der Waals surface area contributed by atoms with E-state index in [4.69, 9.17) is 14.6 Å². The first-order valence-electron chi connectivity index (χ1n) is 9.90. The number of nitrogens with one attached hydrogen (secondary N) is 1. The molecule has 2 rings (SSSR count). The van der Waals surface area contributed by atoms with Crippen molar-refractivity contribution in [1.29, 1.82) is 0 Å². The summed E-state index contributed by atoms with van der Waals surface area (Å²) in [4.78, 5) is 36.7. The lowest BCUT2D eigenvalue weighted by atomic mass is 9.92. The van der Waals surface area contributed by atoms with E-state index in [1.54, 1.807) is 44.2 Å². The number of hydrogen-bond acceptors (Lipinski definition) is 7. The zero-order valence-corrected chi connectivity index (χ0v) is 18.4. The van der Waals surface area contributed by atoms with Crippen LogP contribution in [0, 0.1) is 0 Å². The number of carbonyl (C=O) groups excluding carboxylic acids is 3. The molecule has 0 aromatic heterocycles. The van der Waals surface area contributed by atoms with E-state index in [-0.39, 0.29) is 13.0 Å². The van der Waals surface area contributed by atoms with Crippen molar-refractivity contribution in [3.63, 3.8) is 0 Å². The van der Waals surface area contributed by atoms with Crippen LogP contribution in [0.2, 0.25) is 0 Å². The van der Waals surface area contributed by atoms with Crippen molar-refractivity contribution in [2.45, 2.75) is 51.5 Å². The fourth-order valence-corrected chi connectivity index (χ4v) is 3.54. The molecule has 2 fully saturated rings. The van der Waals surface area contributed by atoms with Gasteiger partial charge < -0.3 is 25.0 Å². The van der Waals surface area contributed by atoms with Crippen LogP contribution in [0.25, 0.3) is 0 Å². The number of epoxide rings is 1. The summed E-state index contributed by atoms with van der Waals surface area (Å²) < 4.78 is 10.0. The van der Waals surface area contributed by atoms with Crippen molar-refractivity contribution in [2.24, 2.45) is 0 Å². The van der Waals surface area contributed by atoms with Crippen LogP contribution < -0.4 is 5.32 Å². The Kier molecular flexibility index (Phi) is 7.54. The molecule has 0 aromatic rings. The number of carbonyl (C=O) groups is 3. The number of fused-ring (bicyclic) bond motifs is 1. The molecule has 31 heavy (non-hydrogen) atoms. The molecule has 3 N–H and O–H groups in total. The number of allylic oxidation sites excluding steroid dienone is 7. The first-order chi connectivity index (χ1) is 14.5. The molecule has 8 heteroatoms. The van der Waals surface area contributed by atoms with Gasteiger partial charge in [-0.2, -0.15) is 0 Å². The Morgan fingerprint density at radius 2 is 1.90 bits per heavy atom. The molecule has 0 unspecified atom stereocenters. The molecule has 3 atom stereocenters. The van der Waals surface area contributed by atoms with Gasteiger partial charge in [0.25, 0.3) is 5.91 Å². The summed E-state index contributed by atoms with van der Waals surface area (Å²) in [5.41, 5.74) is -1.000. The van der Waals surface area contributed by atoms with Crippen molar-refractivity contribution >= 4 is 17.7 Å². The van der Waals surface area contributed by atoms with Gasteiger partial charge in [0.15, 0.2) is 11.8 Å². The summed E-state index contributed by atoms with van der Waals surface area (Å²) in [5.74, 6) is -1.64. The number of methoxy groups -OCH3 is 1. The predicted molar refractivity (Wildman–Crippen MR) is 114 cm³/mol. The van der Waals surface area contributed by atoms with Crippen molar-refractivity contribution in [1.82, 2.24) is 5.32 Å². The standard InChI is InChI=1S/C23H29NO7/c1-6-17(19(27)30-5)13-15(3)12-14(2)8-7-9-16(4)18(26)23-20(31-23)22(29,10-11-25)24-21(23)28/h6-9,12-13,20,25,29H,10-11H2,1-5H3,(H,24,28)/b8-7+,14-12?,15-13?,16-9+,17-6?/t20-,22+,23-/m0/s1. The van der Waals surface area contributed by atoms with E-state index in [0.29, 0.717) is 11.1 Å². The van der Waals surface area contributed by atoms with Gasteiger partial charge >= 0.3 is 5.97 Å².